The molecular formula is C35H34N2O9S. The maximum Gasteiger partial charge on any atom is 0.350 e. The van der Waals surface area contributed by atoms with Gasteiger partial charge in [-0.3, -0.25) is 14.5 Å². The van der Waals surface area contributed by atoms with Crippen LogP contribution in [-0.2, 0) is 20.9 Å². The van der Waals surface area contributed by atoms with Crippen LogP contribution >= 0.6 is 11.3 Å². The molecule has 1 N–H and O–H groups in total. The number of hydrogen-bond donors (Lipinski definition) is 1. The number of anilines is 1. The third kappa shape index (κ3) is 6.36. The summed E-state index contributed by atoms with van der Waals surface area (Å²) in [4.78, 5) is 46.2. The Morgan fingerprint density at radius 3 is 2.23 bits per heavy atom. The van der Waals surface area contributed by atoms with Crippen LogP contribution in [0, 0.1) is 13.8 Å². The summed E-state index contributed by atoms with van der Waals surface area (Å²) in [6.45, 7) is 5.56. The highest BCUT2D eigenvalue weighted by atomic mass is 32.1. The second-order valence-electron chi connectivity index (χ2n) is 10.5. The van der Waals surface area contributed by atoms with Crippen molar-refractivity contribution < 1.29 is 43.2 Å². The number of carbonyl (C=O) groups is 3. The quantitative estimate of drug-likeness (QED) is 0.0864. The number of hydrogen-bond acceptors (Lipinski definition) is 11. The van der Waals surface area contributed by atoms with E-state index in [0.29, 0.717) is 40.5 Å². The van der Waals surface area contributed by atoms with Gasteiger partial charge in [0.25, 0.3) is 5.78 Å². The molecule has 0 bridgehead atoms. The summed E-state index contributed by atoms with van der Waals surface area (Å²) in [6, 6.07) is 16.8. The van der Waals surface area contributed by atoms with Gasteiger partial charge in [-0.25, -0.2) is 9.78 Å². The summed E-state index contributed by atoms with van der Waals surface area (Å²) in [6.07, 6.45) is 0. The van der Waals surface area contributed by atoms with Gasteiger partial charge in [0.05, 0.1) is 45.2 Å². The first kappa shape index (κ1) is 33.0. The minimum atomic E-state index is -1.18. The zero-order chi connectivity index (χ0) is 33.8. The molecular weight excluding hydrogens is 624 g/mol. The Kier molecular flexibility index (Phi) is 9.80. The van der Waals surface area contributed by atoms with Gasteiger partial charge in [0, 0.05) is 5.56 Å². The van der Waals surface area contributed by atoms with E-state index in [-0.39, 0.29) is 33.7 Å². The SMILES string of the molecule is CCOC(=O)c1sc(N2C(=O)C(=O)/C(=C(\O)c3ccc(OCc4ccccc4)cc3C)C2c2cc(OC)c(OC)c(OC)c2)nc1C. The van der Waals surface area contributed by atoms with Crippen molar-refractivity contribution in [3.8, 4) is 23.0 Å². The number of methoxy groups -OCH3 is 3. The van der Waals surface area contributed by atoms with Crippen molar-refractivity contribution in [2.45, 2.75) is 33.4 Å². The summed E-state index contributed by atoms with van der Waals surface area (Å²) < 4.78 is 27.7. The van der Waals surface area contributed by atoms with E-state index < -0.39 is 29.5 Å². The van der Waals surface area contributed by atoms with Gasteiger partial charge in [-0.2, -0.15) is 0 Å². The largest absolute Gasteiger partial charge is 0.507 e. The first-order chi connectivity index (χ1) is 22.6. The number of benzene rings is 3. The van der Waals surface area contributed by atoms with Gasteiger partial charge in [-0.15, -0.1) is 0 Å². The van der Waals surface area contributed by atoms with Crippen LogP contribution in [0.15, 0.2) is 66.2 Å². The van der Waals surface area contributed by atoms with Crippen molar-refractivity contribution >= 4 is 39.9 Å². The molecule has 1 aliphatic rings. The Bertz CT molecular complexity index is 1840. The number of nitrogens with zero attached hydrogens (tertiary/aromatic N) is 2. The highest BCUT2D eigenvalue weighted by Crippen LogP contribution is 2.48. The van der Waals surface area contributed by atoms with Crippen LogP contribution in [-0.4, -0.2) is 55.7 Å². The van der Waals surface area contributed by atoms with Crippen molar-refractivity contribution in [1.82, 2.24) is 4.98 Å². The number of ether oxygens (including phenoxy) is 5. The predicted octanol–water partition coefficient (Wildman–Crippen LogP) is 6.17. The molecule has 244 valence electrons. The summed E-state index contributed by atoms with van der Waals surface area (Å²) in [7, 11) is 4.34. The molecule has 11 nitrogen and oxygen atoms in total. The second kappa shape index (κ2) is 14.0. The van der Waals surface area contributed by atoms with Crippen LogP contribution in [0.4, 0.5) is 5.13 Å². The highest BCUT2D eigenvalue weighted by molar-refractivity contribution is 7.17. The van der Waals surface area contributed by atoms with Crippen LogP contribution in [0.2, 0.25) is 0 Å². The van der Waals surface area contributed by atoms with E-state index >= 15 is 0 Å². The molecule has 0 saturated carbocycles. The number of esters is 1. The van der Waals surface area contributed by atoms with Gasteiger partial charge in [0.2, 0.25) is 5.75 Å². The second-order valence-corrected chi connectivity index (χ2v) is 11.5. The molecule has 1 unspecified atom stereocenters. The summed E-state index contributed by atoms with van der Waals surface area (Å²) in [5, 5.41) is 11.9. The van der Waals surface area contributed by atoms with Crippen molar-refractivity contribution in [2.24, 2.45) is 0 Å². The molecule has 12 heteroatoms. The predicted molar refractivity (Wildman–Crippen MR) is 176 cm³/mol. The normalized spacial score (nSPS) is 15.4. The highest BCUT2D eigenvalue weighted by Gasteiger charge is 2.49. The van der Waals surface area contributed by atoms with E-state index in [1.165, 1.54) is 26.2 Å². The Morgan fingerprint density at radius 1 is 0.957 bits per heavy atom. The smallest absolute Gasteiger partial charge is 0.350 e. The number of ketones is 1. The van der Waals surface area contributed by atoms with Crippen LogP contribution in [0.3, 0.4) is 0 Å². The fraction of sp³-hybridized carbons (Fsp3) is 0.257. The lowest BCUT2D eigenvalue weighted by atomic mass is 9.93. The molecule has 1 atom stereocenters. The van der Waals surface area contributed by atoms with Gasteiger partial charge >= 0.3 is 11.9 Å². The number of aliphatic hydroxyl groups excluding tert-OH is 1. The Morgan fingerprint density at radius 2 is 1.64 bits per heavy atom. The third-order valence-electron chi connectivity index (χ3n) is 7.60. The number of Topliss-reactive ketones (excluding diaryl/α,β-unsaturated/α-hetero) is 1. The number of rotatable bonds is 11. The monoisotopic (exact) mass is 658 g/mol. The number of amides is 1. The Labute approximate surface area is 275 Å². The van der Waals surface area contributed by atoms with E-state index in [9.17, 15) is 19.5 Å². The fourth-order valence-electron chi connectivity index (χ4n) is 5.35. The van der Waals surface area contributed by atoms with E-state index in [0.717, 1.165) is 16.9 Å². The molecule has 0 spiro atoms. The lowest BCUT2D eigenvalue weighted by Crippen LogP contribution is -2.29. The lowest BCUT2D eigenvalue weighted by Gasteiger charge is -2.25. The van der Waals surface area contributed by atoms with Crippen LogP contribution in [0.5, 0.6) is 23.0 Å². The maximum atomic E-state index is 13.8. The van der Waals surface area contributed by atoms with E-state index in [1.807, 2.05) is 30.3 Å². The minimum absolute atomic E-state index is 0.0758. The summed E-state index contributed by atoms with van der Waals surface area (Å²) in [5.74, 6) is -1.46. The third-order valence-corrected chi connectivity index (χ3v) is 8.74. The molecule has 1 fully saturated rings. The van der Waals surface area contributed by atoms with Crippen molar-refractivity contribution in [3.63, 3.8) is 0 Å². The van der Waals surface area contributed by atoms with Gasteiger partial charge in [-0.05, 0) is 67.8 Å². The Hall–Kier alpha value is -5.36. The van der Waals surface area contributed by atoms with Crippen LogP contribution < -0.4 is 23.8 Å². The summed E-state index contributed by atoms with van der Waals surface area (Å²) in [5.41, 5.74) is 2.44. The molecule has 3 aromatic carbocycles. The van der Waals surface area contributed by atoms with Crippen LogP contribution in [0.1, 0.15) is 50.6 Å². The molecule has 4 aromatic rings. The number of thiazole rings is 1. The lowest BCUT2D eigenvalue weighted by molar-refractivity contribution is -0.132. The first-order valence-corrected chi connectivity index (χ1v) is 15.5. The zero-order valence-electron chi connectivity index (χ0n) is 26.8. The number of carbonyl (C=O) groups excluding carboxylic acids is 3. The van der Waals surface area contributed by atoms with Crippen LogP contribution in [0.25, 0.3) is 5.76 Å². The molecule has 1 aliphatic heterocycles. The van der Waals surface area contributed by atoms with Gasteiger partial charge in [-0.1, -0.05) is 41.7 Å². The van der Waals surface area contributed by atoms with Gasteiger partial charge in [0.1, 0.15) is 23.0 Å². The van der Waals surface area contributed by atoms with E-state index in [4.69, 9.17) is 23.7 Å². The minimum Gasteiger partial charge on any atom is -0.507 e. The maximum absolute atomic E-state index is 13.8. The van der Waals surface area contributed by atoms with Gasteiger partial charge < -0.3 is 28.8 Å². The van der Waals surface area contributed by atoms with Gasteiger partial charge in [0.15, 0.2) is 16.6 Å². The molecule has 2 heterocycles. The molecule has 0 radical (unpaired) electrons. The average molecular weight is 659 g/mol. The molecule has 0 aliphatic carbocycles. The molecule has 1 amide bonds. The summed E-state index contributed by atoms with van der Waals surface area (Å²) >= 11 is 0.914. The average Bonchev–Trinajstić information content (AvgIpc) is 3.59. The Balaban J connectivity index is 1.65. The molecule has 5 rings (SSSR count). The number of aromatic nitrogens is 1. The standard InChI is InChI=1S/C35H34N2O9S/c1-7-45-34(41)32-20(3)36-35(47-32)37-28(22-16-25(42-4)31(44-6)26(17-22)43-5)27(30(39)33(37)40)29(38)24-14-13-23(15-19(24)2)46-18-21-11-9-8-10-12-21/h8-17,28,38H,7,18H2,1-6H3/b29-27-. The van der Waals surface area contributed by atoms with Crippen molar-refractivity contribution in [3.05, 3.63) is 99.1 Å². The fourth-order valence-corrected chi connectivity index (χ4v) is 6.34. The number of aryl methyl sites for hydroxylation is 2. The van der Waals surface area contributed by atoms with E-state index in [1.54, 1.807) is 51.1 Å². The first-order valence-electron chi connectivity index (χ1n) is 14.7. The van der Waals surface area contributed by atoms with E-state index in [2.05, 4.69) is 4.98 Å². The van der Waals surface area contributed by atoms with Crippen molar-refractivity contribution in [1.29, 1.82) is 0 Å². The topological polar surface area (TPSA) is 134 Å². The van der Waals surface area contributed by atoms with Crippen molar-refractivity contribution in [2.75, 3.05) is 32.8 Å². The molecule has 1 aromatic heterocycles. The molecule has 1 saturated heterocycles. The zero-order valence-corrected chi connectivity index (χ0v) is 27.6. The number of aliphatic hydroxyl groups is 1. The molecule has 47 heavy (non-hydrogen) atoms.